The van der Waals surface area contributed by atoms with Gasteiger partial charge < -0.3 is 20.6 Å². The number of nitrogens with one attached hydrogen (secondary N) is 2. The Bertz CT molecular complexity index is 1330. The number of nitrogens with zero attached hydrogens (tertiary/aromatic N) is 3. The SMILES string of the molecule is NC1CC2CCC(C1)N2c1cnc2c(-c3ccc4ccc(=O)[nH]c4c3Cl)c[nH]c2n1. The predicted molar refractivity (Wildman–Crippen MR) is 119 cm³/mol. The second-order valence-electron chi connectivity index (χ2n) is 8.37. The zero-order chi connectivity index (χ0) is 20.4. The van der Waals surface area contributed by atoms with E-state index in [1.54, 1.807) is 6.07 Å². The Labute approximate surface area is 177 Å². The van der Waals surface area contributed by atoms with Crippen molar-refractivity contribution >= 4 is 39.5 Å². The van der Waals surface area contributed by atoms with Crippen LogP contribution in [0.25, 0.3) is 33.2 Å². The van der Waals surface area contributed by atoms with Crippen LogP contribution in [-0.2, 0) is 0 Å². The third-order valence-electron chi connectivity index (χ3n) is 6.53. The van der Waals surface area contributed by atoms with Gasteiger partial charge in [0.25, 0.3) is 0 Å². The van der Waals surface area contributed by atoms with Crippen molar-refractivity contribution in [3.63, 3.8) is 0 Å². The predicted octanol–water partition coefficient (Wildman–Crippen LogP) is 3.58. The van der Waals surface area contributed by atoms with E-state index in [0.717, 1.165) is 46.3 Å². The molecule has 2 fully saturated rings. The lowest BCUT2D eigenvalue weighted by Gasteiger charge is -2.38. The first-order chi connectivity index (χ1) is 14.6. The summed E-state index contributed by atoms with van der Waals surface area (Å²) in [5.41, 5.74) is 9.83. The first kappa shape index (κ1) is 17.9. The maximum absolute atomic E-state index is 11.8. The molecule has 2 atom stereocenters. The Morgan fingerprint density at radius 1 is 1.10 bits per heavy atom. The third kappa shape index (κ3) is 2.66. The quantitative estimate of drug-likeness (QED) is 0.460. The zero-order valence-corrected chi connectivity index (χ0v) is 17.0. The maximum atomic E-state index is 11.8. The highest BCUT2D eigenvalue weighted by Crippen LogP contribution is 2.40. The van der Waals surface area contributed by atoms with Gasteiger partial charge in [0.1, 0.15) is 11.3 Å². The Hall–Kier alpha value is -2.90. The van der Waals surface area contributed by atoms with Gasteiger partial charge in [-0.25, -0.2) is 9.97 Å². The fourth-order valence-electron chi connectivity index (χ4n) is 5.20. The molecular formula is C22H21ClN6O. The minimum atomic E-state index is -0.180. The van der Waals surface area contributed by atoms with Crippen molar-refractivity contribution in [3.05, 3.63) is 52.0 Å². The molecule has 0 aliphatic carbocycles. The lowest BCUT2D eigenvalue weighted by Crippen LogP contribution is -2.47. The maximum Gasteiger partial charge on any atom is 0.248 e. The van der Waals surface area contributed by atoms with Gasteiger partial charge in [-0.2, -0.15) is 0 Å². The molecule has 2 aliphatic heterocycles. The number of anilines is 1. The van der Waals surface area contributed by atoms with Crippen LogP contribution in [0, 0.1) is 0 Å². The topological polar surface area (TPSA) is 104 Å². The van der Waals surface area contributed by atoms with Crippen LogP contribution in [0.2, 0.25) is 5.02 Å². The van der Waals surface area contributed by atoms with Gasteiger partial charge in [-0.3, -0.25) is 4.79 Å². The van der Waals surface area contributed by atoms with Gasteiger partial charge in [0.2, 0.25) is 5.56 Å². The van der Waals surface area contributed by atoms with E-state index < -0.39 is 0 Å². The largest absolute Gasteiger partial charge is 0.349 e. The van der Waals surface area contributed by atoms with Gasteiger partial charge in [-0.05, 0) is 37.1 Å². The highest BCUT2D eigenvalue weighted by molar-refractivity contribution is 6.38. The molecule has 3 aromatic heterocycles. The van der Waals surface area contributed by atoms with Crippen molar-refractivity contribution in [1.82, 2.24) is 19.9 Å². The van der Waals surface area contributed by atoms with E-state index in [1.807, 2.05) is 24.5 Å². The number of aromatic amines is 2. The van der Waals surface area contributed by atoms with Crippen LogP contribution in [0.15, 0.2) is 41.5 Å². The molecule has 0 spiro atoms. The molecule has 2 bridgehead atoms. The lowest BCUT2D eigenvalue weighted by atomic mass is 9.98. The van der Waals surface area contributed by atoms with Crippen LogP contribution in [-0.4, -0.2) is 38.1 Å². The number of pyridine rings is 1. The molecule has 8 heteroatoms. The standard InChI is InChI=1S/C22H21ClN6O/c23-19-15(5-1-11-2-6-18(30)28-20(11)19)16-9-26-22-21(16)25-10-17(27-22)29-13-3-4-14(29)8-12(24)7-13/h1-2,5-6,9-10,12-14H,3-4,7-8,24H2,(H,26,27)(H,28,30). The average molecular weight is 421 g/mol. The summed E-state index contributed by atoms with van der Waals surface area (Å²) in [7, 11) is 0. The first-order valence-corrected chi connectivity index (χ1v) is 10.7. The first-order valence-electron chi connectivity index (χ1n) is 10.3. The summed E-state index contributed by atoms with van der Waals surface area (Å²) in [6.07, 6.45) is 8.09. The second kappa shape index (κ2) is 6.55. The number of hydrogen-bond acceptors (Lipinski definition) is 5. The number of piperidine rings is 1. The van der Waals surface area contributed by atoms with Crippen LogP contribution < -0.4 is 16.2 Å². The summed E-state index contributed by atoms with van der Waals surface area (Å²) in [4.78, 5) is 29.9. The molecule has 2 unspecified atom stereocenters. The fourth-order valence-corrected chi connectivity index (χ4v) is 5.53. The van der Waals surface area contributed by atoms with E-state index in [4.69, 9.17) is 27.3 Å². The Kier molecular flexibility index (Phi) is 3.91. The highest BCUT2D eigenvalue weighted by atomic mass is 35.5. The number of halogens is 1. The molecule has 5 heterocycles. The second-order valence-corrected chi connectivity index (χ2v) is 8.74. The van der Waals surface area contributed by atoms with Crippen molar-refractivity contribution in [2.24, 2.45) is 5.73 Å². The van der Waals surface area contributed by atoms with E-state index in [2.05, 4.69) is 14.9 Å². The molecule has 1 aromatic carbocycles. The van der Waals surface area contributed by atoms with E-state index in [0.29, 0.717) is 22.6 Å². The van der Waals surface area contributed by atoms with Crippen LogP contribution in [0.1, 0.15) is 25.7 Å². The monoisotopic (exact) mass is 420 g/mol. The van der Waals surface area contributed by atoms with Gasteiger partial charge >= 0.3 is 0 Å². The molecule has 0 radical (unpaired) electrons. The number of rotatable bonds is 2. The molecule has 7 nitrogen and oxygen atoms in total. The van der Waals surface area contributed by atoms with Gasteiger partial charge in [0.05, 0.1) is 16.7 Å². The van der Waals surface area contributed by atoms with Crippen LogP contribution in [0.3, 0.4) is 0 Å². The molecule has 2 aliphatic rings. The van der Waals surface area contributed by atoms with Gasteiger partial charge in [-0.1, -0.05) is 23.7 Å². The minimum absolute atomic E-state index is 0.180. The summed E-state index contributed by atoms with van der Waals surface area (Å²) >= 11 is 6.67. The summed E-state index contributed by atoms with van der Waals surface area (Å²) in [6.45, 7) is 0. The zero-order valence-electron chi connectivity index (χ0n) is 16.2. The smallest absolute Gasteiger partial charge is 0.248 e. The van der Waals surface area contributed by atoms with Crippen LogP contribution in [0.5, 0.6) is 0 Å². The number of H-pyrrole nitrogens is 2. The Morgan fingerprint density at radius 2 is 1.87 bits per heavy atom. The van der Waals surface area contributed by atoms with Gasteiger partial charge in [0, 0.05) is 41.5 Å². The van der Waals surface area contributed by atoms with E-state index in [9.17, 15) is 4.79 Å². The van der Waals surface area contributed by atoms with Crippen molar-refractivity contribution in [2.45, 2.75) is 43.8 Å². The van der Waals surface area contributed by atoms with Crippen molar-refractivity contribution in [1.29, 1.82) is 0 Å². The summed E-state index contributed by atoms with van der Waals surface area (Å²) < 4.78 is 0. The minimum Gasteiger partial charge on any atom is -0.349 e. The molecule has 0 amide bonds. The van der Waals surface area contributed by atoms with E-state index >= 15 is 0 Å². The van der Waals surface area contributed by atoms with Crippen molar-refractivity contribution < 1.29 is 0 Å². The van der Waals surface area contributed by atoms with Crippen LogP contribution in [0.4, 0.5) is 5.82 Å². The molecule has 152 valence electrons. The van der Waals surface area contributed by atoms with Gasteiger partial charge in [-0.15, -0.1) is 0 Å². The fraction of sp³-hybridized carbons (Fsp3) is 0.318. The number of nitrogens with two attached hydrogens (primary N) is 1. The van der Waals surface area contributed by atoms with Gasteiger partial charge in [0.15, 0.2) is 5.65 Å². The molecule has 30 heavy (non-hydrogen) atoms. The number of benzene rings is 1. The molecular weight excluding hydrogens is 400 g/mol. The number of fused-ring (bicyclic) bond motifs is 4. The molecule has 2 saturated heterocycles. The lowest BCUT2D eigenvalue weighted by molar-refractivity contribution is 0.412. The summed E-state index contributed by atoms with van der Waals surface area (Å²) in [6, 6.07) is 8.35. The molecule has 4 aromatic rings. The molecule has 4 N–H and O–H groups in total. The Balaban J connectivity index is 1.44. The molecule has 0 saturated carbocycles. The molecule has 6 rings (SSSR count). The third-order valence-corrected chi connectivity index (χ3v) is 6.92. The van der Waals surface area contributed by atoms with Crippen molar-refractivity contribution in [2.75, 3.05) is 4.90 Å². The summed E-state index contributed by atoms with van der Waals surface area (Å²) in [5.74, 6) is 0.907. The van der Waals surface area contributed by atoms with E-state index in [1.165, 1.54) is 18.9 Å². The summed E-state index contributed by atoms with van der Waals surface area (Å²) in [5, 5.41) is 1.38. The number of hydrogen-bond donors (Lipinski definition) is 3. The van der Waals surface area contributed by atoms with E-state index in [-0.39, 0.29) is 11.6 Å². The van der Waals surface area contributed by atoms with Crippen molar-refractivity contribution in [3.8, 4) is 11.1 Å². The average Bonchev–Trinajstić information content (AvgIpc) is 3.27. The normalized spacial score (nSPS) is 23.5. The highest BCUT2D eigenvalue weighted by Gasteiger charge is 2.40. The Morgan fingerprint density at radius 3 is 2.67 bits per heavy atom. The van der Waals surface area contributed by atoms with Crippen LogP contribution >= 0.6 is 11.6 Å². The number of aromatic nitrogens is 4.